The van der Waals surface area contributed by atoms with E-state index in [1.807, 2.05) is 66.7 Å². The Balaban J connectivity index is 1.19. The van der Waals surface area contributed by atoms with Crippen molar-refractivity contribution in [1.29, 1.82) is 0 Å². The molecular weight excluding hydrogens is 444 g/mol. The van der Waals surface area contributed by atoms with Gasteiger partial charge in [-0.25, -0.2) is 4.98 Å². The Morgan fingerprint density at radius 2 is 1.80 bits per heavy atom. The van der Waals surface area contributed by atoms with Crippen LogP contribution in [-0.4, -0.2) is 41.4 Å². The number of amides is 1. The van der Waals surface area contributed by atoms with Crippen LogP contribution in [0, 0.1) is 0 Å². The monoisotopic (exact) mass is 470 g/mol. The quantitative estimate of drug-likeness (QED) is 0.428. The number of ether oxygens (including phenoxy) is 1. The van der Waals surface area contributed by atoms with E-state index >= 15 is 0 Å². The average Bonchev–Trinajstić information content (AvgIpc) is 3.41. The van der Waals surface area contributed by atoms with Gasteiger partial charge >= 0.3 is 0 Å². The Morgan fingerprint density at radius 1 is 1.06 bits per heavy atom. The normalized spacial score (nSPS) is 15.0. The highest BCUT2D eigenvalue weighted by molar-refractivity contribution is 6.03. The molecule has 1 aliphatic rings. The van der Waals surface area contributed by atoms with Gasteiger partial charge in [0.25, 0.3) is 5.91 Å². The summed E-state index contributed by atoms with van der Waals surface area (Å²) in [4.78, 5) is 19.3. The molecule has 8 heteroatoms. The molecule has 0 unspecified atom stereocenters. The van der Waals surface area contributed by atoms with Crippen molar-refractivity contribution in [3.63, 3.8) is 0 Å². The van der Waals surface area contributed by atoms with Crippen molar-refractivity contribution in [2.75, 3.05) is 30.4 Å². The van der Waals surface area contributed by atoms with Crippen molar-refractivity contribution >= 4 is 17.4 Å². The molecule has 178 valence electrons. The first-order valence-corrected chi connectivity index (χ1v) is 11.5. The molecule has 1 saturated heterocycles. The second kappa shape index (κ2) is 9.60. The fourth-order valence-corrected chi connectivity index (χ4v) is 4.26. The molecule has 0 atom stereocenters. The summed E-state index contributed by atoms with van der Waals surface area (Å²) in [5.41, 5.74) is 1.67. The zero-order valence-electron chi connectivity index (χ0n) is 19.3. The van der Waals surface area contributed by atoms with Crippen molar-refractivity contribution in [2.24, 2.45) is 0 Å². The Bertz CT molecular complexity index is 1280. The lowest BCUT2D eigenvalue weighted by Crippen LogP contribution is -2.42. The van der Waals surface area contributed by atoms with Crippen LogP contribution in [0.15, 0.2) is 83.5 Å². The van der Waals surface area contributed by atoms with Crippen LogP contribution in [-0.2, 0) is 5.60 Å². The molecule has 35 heavy (non-hydrogen) atoms. The number of methoxy groups -OCH3 is 1. The van der Waals surface area contributed by atoms with E-state index in [9.17, 15) is 9.90 Å². The van der Waals surface area contributed by atoms with E-state index in [4.69, 9.17) is 9.26 Å². The van der Waals surface area contributed by atoms with Gasteiger partial charge < -0.3 is 24.6 Å². The Kier molecular flexibility index (Phi) is 6.20. The second-order valence-electron chi connectivity index (χ2n) is 8.55. The predicted molar refractivity (Wildman–Crippen MR) is 132 cm³/mol. The summed E-state index contributed by atoms with van der Waals surface area (Å²) >= 11 is 0. The number of hydrogen-bond acceptors (Lipinski definition) is 7. The fraction of sp³-hybridized carbons (Fsp3) is 0.222. The summed E-state index contributed by atoms with van der Waals surface area (Å²) in [6.45, 7) is 1.38. The first-order valence-electron chi connectivity index (χ1n) is 11.5. The lowest BCUT2D eigenvalue weighted by Gasteiger charge is -2.39. The number of pyridine rings is 1. The number of carbonyl (C=O) groups excluding carboxylic acids is 1. The molecule has 1 fully saturated rings. The minimum absolute atomic E-state index is 0.177. The summed E-state index contributed by atoms with van der Waals surface area (Å²) in [7, 11) is 1.60. The molecule has 1 aliphatic heterocycles. The van der Waals surface area contributed by atoms with Crippen molar-refractivity contribution in [2.45, 2.75) is 18.4 Å². The third kappa shape index (κ3) is 4.88. The molecule has 0 aliphatic carbocycles. The van der Waals surface area contributed by atoms with Crippen LogP contribution in [0.2, 0.25) is 0 Å². The molecule has 8 nitrogen and oxygen atoms in total. The Hall–Kier alpha value is -4.17. The average molecular weight is 471 g/mol. The molecule has 4 aromatic rings. The van der Waals surface area contributed by atoms with Gasteiger partial charge in [-0.3, -0.25) is 4.79 Å². The van der Waals surface area contributed by atoms with E-state index in [-0.39, 0.29) is 11.6 Å². The fourth-order valence-electron chi connectivity index (χ4n) is 4.26. The largest absolute Gasteiger partial charge is 0.497 e. The van der Waals surface area contributed by atoms with E-state index in [1.54, 1.807) is 19.4 Å². The molecule has 0 saturated carbocycles. The minimum Gasteiger partial charge on any atom is -0.497 e. The smallest absolute Gasteiger partial charge is 0.277 e. The number of hydrogen-bond donors (Lipinski definition) is 2. The number of anilines is 2. The molecular formula is C27H26N4O4. The Labute approximate surface area is 203 Å². The van der Waals surface area contributed by atoms with Crippen LogP contribution in [0.4, 0.5) is 11.5 Å². The van der Waals surface area contributed by atoms with Crippen molar-refractivity contribution < 1.29 is 19.2 Å². The van der Waals surface area contributed by atoms with Gasteiger partial charge in [-0.15, -0.1) is 0 Å². The molecule has 2 N–H and O–H groups in total. The minimum atomic E-state index is -0.812. The van der Waals surface area contributed by atoms with Crippen molar-refractivity contribution in [3.05, 3.63) is 90.3 Å². The number of rotatable bonds is 6. The third-order valence-corrected chi connectivity index (χ3v) is 6.35. The highest BCUT2D eigenvalue weighted by atomic mass is 16.5. The van der Waals surface area contributed by atoms with Crippen LogP contribution >= 0.6 is 0 Å². The van der Waals surface area contributed by atoms with Crippen molar-refractivity contribution in [1.82, 2.24) is 10.1 Å². The van der Waals surface area contributed by atoms with E-state index < -0.39 is 5.60 Å². The van der Waals surface area contributed by atoms with E-state index in [0.29, 0.717) is 37.4 Å². The molecule has 0 bridgehead atoms. The number of nitrogens with one attached hydrogen (secondary N) is 1. The van der Waals surface area contributed by atoms with Crippen LogP contribution < -0.4 is 15.0 Å². The van der Waals surface area contributed by atoms with Gasteiger partial charge in [0.05, 0.1) is 24.6 Å². The van der Waals surface area contributed by atoms with Crippen LogP contribution in [0.3, 0.4) is 0 Å². The van der Waals surface area contributed by atoms with Crippen LogP contribution in [0.5, 0.6) is 5.75 Å². The zero-order chi connectivity index (χ0) is 24.3. The summed E-state index contributed by atoms with van der Waals surface area (Å²) in [6.07, 6.45) is 2.87. The van der Waals surface area contributed by atoms with Gasteiger partial charge in [0.1, 0.15) is 11.6 Å². The van der Waals surface area contributed by atoms with Gasteiger partial charge in [0, 0.05) is 24.7 Å². The number of piperidine rings is 1. The zero-order valence-corrected chi connectivity index (χ0v) is 19.3. The standard InChI is InChI=1S/C27H26N4O4/c1-34-22-10-7-19(8-11-22)24-17-23(30-35-24)26(32)29-21-9-12-25(28-18-21)31-15-13-27(33,14-16-31)20-5-3-2-4-6-20/h2-12,17-18,33H,13-16H2,1H3,(H,29,32). The number of carbonyl (C=O) groups is 1. The predicted octanol–water partition coefficient (Wildman–Crippen LogP) is 4.49. The summed E-state index contributed by atoms with van der Waals surface area (Å²) < 4.78 is 10.5. The van der Waals surface area contributed by atoms with Crippen molar-refractivity contribution in [3.8, 4) is 17.1 Å². The Morgan fingerprint density at radius 3 is 2.46 bits per heavy atom. The van der Waals surface area contributed by atoms with Crippen LogP contribution in [0.25, 0.3) is 11.3 Å². The summed E-state index contributed by atoms with van der Waals surface area (Å²) in [5, 5.41) is 17.7. The molecule has 2 aromatic carbocycles. The maximum atomic E-state index is 12.6. The third-order valence-electron chi connectivity index (χ3n) is 6.35. The maximum absolute atomic E-state index is 12.6. The lowest BCUT2D eigenvalue weighted by molar-refractivity contribution is 0.0116. The topological polar surface area (TPSA) is 101 Å². The summed E-state index contributed by atoms with van der Waals surface area (Å²) in [6, 6.07) is 22.4. The van der Waals surface area contributed by atoms with E-state index in [0.717, 1.165) is 22.7 Å². The highest BCUT2D eigenvalue weighted by Gasteiger charge is 2.34. The molecule has 0 radical (unpaired) electrons. The number of nitrogens with zero attached hydrogens (tertiary/aromatic N) is 3. The number of aliphatic hydroxyl groups is 1. The van der Waals surface area contributed by atoms with Gasteiger partial charge in [0.15, 0.2) is 11.5 Å². The SMILES string of the molecule is COc1ccc(-c2cc(C(=O)Nc3ccc(N4CCC(O)(c5ccccc5)CC4)nc3)no2)cc1. The first kappa shape index (κ1) is 22.6. The van der Waals surface area contributed by atoms with Gasteiger partial charge in [-0.1, -0.05) is 35.5 Å². The lowest BCUT2D eigenvalue weighted by atomic mass is 9.84. The summed E-state index contributed by atoms with van der Waals surface area (Å²) in [5.74, 6) is 1.65. The number of aromatic nitrogens is 2. The highest BCUT2D eigenvalue weighted by Crippen LogP contribution is 2.34. The molecule has 2 aromatic heterocycles. The van der Waals surface area contributed by atoms with E-state index in [2.05, 4.69) is 20.4 Å². The van der Waals surface area contributed by atoms with Gasteiger partial charge in [-0.2, -0.15) is 0 Å². The maximum Gasteiger partial charge on any atom is 0.277 e. The first-order chi connectivity index (χ1) is 17.0. The van der Waals surface area contributed by atoms with Gasteiger partial charge in [0.2, 0.25) is 0 Å². The van der Waals surface area contributed by atoms with E-state index in [1.165, 1.54) is 0 Å². The molecule has 5 rings (SSSR count). The number of benzene rings is 2. The van der Waals surface area contributed by atoms with Crippen LogP contribution in [0.1, 0.15) is 28.9 Å². The molecule has 0 spiro atoms. The van der Waals surface area contributed by atoms with Gasteiger partial charge in [-0.05, 0) is 54.8 Å². The second-order valence-corrected chi connectivity index (χ2v) is 8.55. The molecule has 1 amide bonds. The molecule has 3 heterocycles.